The van der Waals surface area contributed by atoms with Gasteiger partial charge >= 0.3 is 0 Å². The number of fused-ring (bicyclic) bond motifs is 1. The lowest BCUT2D eigenvalue weighted by molar-refractivity contribution is 0.0871. The molecule has 0 aliphatic heterocycles. The smallest absolute Gasteiger partial charge is 0.254 e. The zero-order valence-electron chi connectivity index (χ0n) is 13.3. The number of aromatic nitrogens is 3. The quantitative estimate of drug-likeness (QED) is 0.685. The van der Waals surface area contributed by atoms with E-state index >= 15 is 0 Å². The number of nitrogens with one attached hydrogen (secondary N) is 2. The summed E-state index contributed by atoms with van der Waals surface area (Å²) in [5, 5.41) is 12.0. The number of aromatic amines is 1. The number of pyridine rings is 1. The molecule has 0 spiro atoms. The van der Waals surface area contributed by atoms with Gasteiger partial charge in [-0.2, -0.15) is 0 Å². The molecule has 0 aliphatic carbocycles. The first-order chi connectivity index (χ1) is 11.4. The van der Waals surface area contributed by atoms with Gasteiger partial charge in [0.1, 0.15) is 17.2 Å². The van der Waals surface area contributed by atoms with Gasteiger partial charge in [-0.15, -0.1) is 0 Å². The third-order valence-electron chi connectivity index (χ3n) is 3.59. The van der Waals surface area contributed by atoms with Gasteiger partial charge in [0.2, 0.25) is 0 Å². The minimum atomic E-state index is -0.747. The number of imidazole rings is 1. The Hall–Kier alpha value is -2.80. The minimum absolute atomic E-state index is 0.186. The van der Waals surface area contributed by atoms with Crippen LogP contribution >= 0.6 is 0 Å². The van der Waals surface area contributed by atoms with Crippen molar-refractivity contribution in [3.05, 3.63) is 47.9 Å². The number of H-pyrrole nitrogens is 1. The summed E-state index contributed by atoms with van der Waals surface area (Å²) in [6.07, 6.45) is 1.51. The summed E-state index contributed by atoms with van der Waals surface area (Å²) in [4.78, 5) is 24.1. The number of aliphatic hydroxyl groups is 1. The van der Waals surface area contributed by atoms with Gasteiger partial charge in [-0.3, -0.25) is 4.79 Å². The Kier molecular flexibility index (Phi) is 4.02. The Morgan fingerprint density at radius 2 is 2.00 bits per heavy atom. The lowest BCUT2D eigenvalue weighted by Crippen LogP contribution is -2.46. The molecule has 3 aromatic rings. The van der Waals surface area contributed by atoms with E-state index in [1.807, 2.05) is 0 Å². The molecule has 6 nitrogen and oxygen atoms in total. The Balaban J connectivity index is 2.01. The first-order valence-corrected chi connectivity index (χ1v) is 7.44. The molecule has 24 heavy (non-hydrogen) atoms. The van der Waals surface area contributed by atoms with Crippen molar-refractivity contribution in [1.29, 1.82) is 0 Å². The fourth-order valence-corrected chi connectivity index (χ4v) is 2.25. The van der Waals surface area contributed by atoms with Gasteiger partial charge < -0.3 is 15.4 Å². The lowest BCUT2D eigenvalue weighted by atomic mass is 10.1. The first kappa shape index (κ1) is 16.1. The predicted molar refractivity (Wildman–Crippen MR) is 87.9 cm³/mol. The second kappa shape index (κ2) is 6.01. The van der Waals surface area contributed by atoms with Crippen molar-refractivity contribution in [3.63, 3.8) is 0 Å². The van der Waals surface area contributed by atoms with Gasteiger partial charge in [0.15, 0.2) is 5.65 Å². The largest absolute Gasteiger partial charge is 0.394 e. The molecule has 1 aromatic carbocycles. The third kappa shape index (κ3) is 3.11. The first-order valence-electron chi connectivity index (χ1n) is 7.44. The van der Waals surface area contributed by atoms with E-state index in [0.717, 1.165) is 0 Å². The van der Waals surface area contributed by atoms with Crippen LogP contribution in [-0.2, 0) is 0 Å². The van der Waals surface area contributed by atoms with Crippen molar-refractivity contribution in [3.8, 4) is 11.4 Å². The molecule has 0 aliphatic rings. The molecule has 2 aromatic heterocycles. The van der Waals surface area contributed by atoms with Crippen LogP contribution in [0.2, 0.25) is 0 Å². The van der Waals surface area contributed by atoms with Crippen molar-refractivity contribution < 1.29 is 14.3 Å². The molecule has 0 saturated heterocycles. The topological polar surface area (TPSA) is 90.9 Å². The average Bonchev–Trinajstić information content (AvgIpc) is 2.99. The molecule has 0 atom stereocenters. The van der Waals surface area contributed by atoms with Crippen molar-refractivity contribution in [2.45, 2.75) is 19.4 Å². The number of halogens is 1. The molecular formula is C17H17FN4O2. The number of aliphatic hydroxyl groups excluding tert-OH is 1. The summed E-state index contributed by atoms with van der Waals surface area (Å²) < 4.78 is 13.1. The molecular weight excluding hydrogens is 311 g/mol. The number of amides is 1. The fourth-order valence-electron chi connectivity index (χ4n) is 2.25. The Bertz CT molecular complexity index is 887. The van der Waals surface area contributed by atoms with Crippen molar-refractivity contribution in [2.75, 3.05) is 6.61 Å². The van der Waals surface area contributed by atoms with Crippen LogP contribution in [0, 0.1) is 5.82 Å². The van der Waals surface area contributed by atoms with E-state index in [-0.39, 0.29) is 18.3 Å². The van der Waals surface area contributed by atoms with Gasteiger partial charge in [0.25, 0.3) is 5.91 Å². The highest BCUT2D eigenvalue weighted by Crippen LogP contribution is 2.22. The number of carbonyl (C=O) groups excluding carboxylic acids is 1. The van der Waals surface area contributed by atoms with Gasteiger partial charge in [-0.25, -0.2) is 14.4 Å². The molecule has 0 radical (unpaired) electrons. The minimum Gasteiger partial charge on any atom is -0.394 e. The molecule has 2 heterocycles. The number of hydrogen-bond acceptors (Lipinski definition) is 4. The standard InChI is InChI=1S/C17H17FN4O2/c1-17(2,9-23)22-16(24)12-7-8-19-15-13(12)20-14(21-15)10-3-5-11(18)6-4-10/h3-8,23H,9H2,1-2H3,(H,22,24)(H,19,20,21). The lowest BCUT2D eigenvalue weighted by Gasteiger charge is -2.23. The van der Waals surface area contributed by atoms with Crippen molar-refractivity contribution in [2.24, 2.45) is 0 Å². The second-order valence-electron chi connectivity index (χ2n) is 6.14. The van der Waals surface area contributed by atoms with E-state index in [0.29, 0.717) is 28.1 Å². The number of nitrogens with zero attached hydrogens (tertiary/aromatic N) is 2. The summed E-state index contributed by atoms with van der Waals surface area (Å²) in [5.74, 6) is -0.183. The maximum atomic E-state index is 13.1. The maximum Gasteiger partial charge on any atom is 0.254 e. The normalized spacial score (nSPS) is 11.7. The van der Waals surface area contributed by atoms with Crippen LogP contribution in [0.1, 0.15) is 24.2 Å². The molecule has 124 valence electrons. The van der Waals surface area contributed by atoms with Gasteiger partial charge in [-0.05, 0) is 44.2 Å². The highest BCUT2D eigenvalue weighted by Gasteiger charge is 2.22. The number of rotatable bonds is 4. The molecule has 0 saturated carbocycles. The number of hydrogen-bond donors (Lipinski definition) is 3. The maximum absolute atomic E-state index is 13.1. The molecule has 0 unspecified atom stereocenters. The van der Waals surface area contributed by atoms with Crippen molar-refractivity contribution in [1.82, 2.24) is 20.3 Å². The average molecular weight is 328 g/mol. The van der Waals surface area contributed by atoms with Crippen LogP contribution in [0.3, 0.4) is 0 Å². The summed E-state index contributed by atoms with van der Waals surface area (Å²) in [6, 6.07) is 7.45. The predicted octanol–water partition coefficient (Wildman–Crippen LogP) is 2.26. The van der Waals surface area contributed by atoms with Gasteiger partial charge in [-0.1, -0.05) is 0 Å². The van der Waals surface area contributed by atoms with Crippen LogP contribution in [0.15, 0.2) is 36.5 Å². The molecule has 7 heteroatoms. The monoisotopic (exact) mass is 328 g/mol. The summed E-state index contributed by atoms with van der Waals surface area (Å²) in [6.45, 7) is 3.25. The highest BCUT2D eigenvalue weighted by molar-refractivity contribution is 6.04. The third-order valence-corrected chi connectivity index (χ3v) is 3.59. The molecule has 0 bridgehead atoms. The van der Waals surface area contributed by atoms with Crippen molar-refractivity contribution >= 4 is 17.1 Å². The number of carbonyl (C=O) groups is 1. The van der Waals surface area contributed by atoms with E-state index in [2.05, 4.69) is 20.3 Å². The Labute approximate surface area is 137 Å². The van der Waals surface area contributed by atoms with Crippen LogP contribution in [-0.4, -0.2) is 38.1 Å². The van der Waals surface area contributed by atoms with Crippen LogP contribution in [0.25, 0.3) is 22.6 Å². The van der Waals surface area contributed by atoms with E-state index < -0.39 is 5.54 Å². The fraction of sp³-hybridized carbons (Fsp3) is 0.235. The van der Waals surface area contributed by atoms with E-state index in [1.165, 1.54) is 18.3 Å². The zero-order valence-corrected chi connectivity index (χ0v) is 13.3. The molecule has 3 N–H and O–H groups in total. The molecule has 3 rings (SSSR count). The molecule has 1 amide bonds. The molecule has 0 fully saturated rings. The van der Waals surface area contributed by atoms with Gasteiger partial charge in [0, 0.05) is 11.8 Å². The number of benzene rings is 1. The second-order valence-corrected chi connectivity index (χ2v) is 6.14. The summed E-state index contributed by atoms with van der Waals surface area (Å²) >= 11 is 0. The summed E-state index contributed by atoms with van der Waals surface area (Å²) in [5.41, 5.74) is 1.18. The Morgan fingerprint density at radius 1 is 1.29 bits per heavy atom. The van der Waals surface area contributed by atoms with E-state index in [4.69, 9.17) is 0 Å². The van der Waals surface area contributed by atoms with E-state index in [1.54, 1.807) is 32.0 Å². The van der Waals surface area contributed by atoms with E-state index in [9.17, 15) is 14.3 Å². The Morgan fingerprint density at radius 3 is 2.67 bits per heavy atom. The zero-order chi connectivity index (χ0) is 17.3. The van der Waals surface area contributed by atoms with Gasteiger partial charge in [0.05, 0.1) is 17.7 Å². The van der Waals surface area contributed by atoms with Crippen LogP contribution in [0.4, 0.5) is 4.39 Å². The summed E-state index contributed by atoms with van der Waals surface area (Å²) in [7, 11) is 0. The van der Waals surface area contributed by atoms with Crippen LogP contribution < -0.4 is 5.32 Å². The SMILES string of the molecule is CC(C)(CO)NC(=O)c1ccnc2[nH]c(-c3ccc(F)cc3)nc12. The van der Waals surface area contributed by atoms with Crippen LogP contribution in [0.5, 0.6) is 0 Å². The highest BCUT2D eigenvalue weighted by atomic mass is 19.1.